The van der Waals surface area contributed by atoms with Crippen molar-refractivity contribution in [2.75, 3.05) is 11.1 Å². The van der Waals surface area contributed by atoms with Crippen molar-refractivity contribution in [3.05, 3.63) is 24.3 Å². The standard InChI is InChI=1S/C16H26N2OS/c1-3-4-5-6-9-13(2)18-14-10-7-8-11-15(14)20-12-16(17)19/h7-8,10-11,13,18H,3-6,9,12H2,1-2H3,(H2,17,19). The van der Waals surface area contributed by atoms with E-state index in [1.54, 1.807) is 0 Å². The van der Waals surface area contributed by atoms with Crippen molar-refractivity contribution in [2.24, 2.45) is 5.73 Å². The highest BCUT2D eigenvalue weighted by atomic mass is 32.2. The van der Waals surface area contributed by atoms with Crippen LogP contribution < -0.4 is 11.1 Å². The Bertz CT molecular complexity index is 409. The minimum atomic E-state index is -0.280. The van der Waals surface area contributed by atoms with E-state index in [0.717, 1.165) is 10.6 Å². The van der Waals surface area contributed by atoms with E-state index in [1.165, 1.54) is 43.9 Å². The van der Waals surface area contributed by atoms with Crippen molar-refractivity contribution in [3.63, 3.8) is 0 Å². The van der Waals surface area contributed by atoms with Crippen LogP contribution >= 0.6 is 11.8 Å². The molecule has 1 amide bonds. The van der Waals surface area contributed by atoms with Crippen LogP contribution in [-0.4, -0.2) is 17.7 Å². The van der Waals surface area contributed by atoms with E-state index in [0.29, 0.717) is 11.8 Å². The zero-order chi connectivity index (χ0) is 14.8. The van der Waals surface area contributed by atoms with Gasteiger partial charge in [-0.2, -0.15) is 0 Å². The van der Waals surface area contributed by atoms with E-state index >= 15 is 0 Å². The van der Waals surface area contributed by atoms with Crippen LogP contribution in [0.4, 0.5) is 5.69 Å². The molecule has 0 saturated carbocycles. The summed E-state index contributed by atoms with van der Waals surface area (Å²) in [6.45, 7) is 4.44. The molecule has 1 unspecified atom stereocenters. The molecule has 0 aliphatic rings. The Kier molecular flexibility index (Phi) is 8.19. The third-order valence-electron chi connectivity index (χ3n) is 3.15. The average Bonchev–Trinajstić information content (AvgIpc) is 2.42. The highest BCUT2D eigenvalue weighted by molar-refractivity contribution is 8.00. The molecule has 4 heteroatoms. The summed E-state index contributed by atoms with van der Waals surface area (Å²) < 4.78 is 0. The van der Waals surface area contributed by atoms with Crippen molar-refractivity contribution in [1.82, 2.24) is 0 Å². The summed E-state index contributed by atoms with van der Waals surface area (Å²) in [4.78, 5) is 12.0. The predicted molar refractivity (Wildman–Crippen MR) is 88.2 cm³/mol. The number of carbonyl (C=O) groups is 1. The predicted octanol–water partition coefficient (Wildman–Crippen LogP) is 4.03. The second-order valence-electron chi connectivity index (χ2n) is 5.15. The molecule has 1 atom stereocenters. The second kappa shape index (κ2) is 9.70. The average molecular weight is 294 g/mol. The lowest BCUT2D eigenvalue weighted by Crippen LogP contribution is -2.16. The molecule has 3 nitrogen and oxygen atoms in total. The molecular weight excluding hydrogens is 268 g/mol. The molecule has 112 valence electrons. The highest BCUT2D eigenvalue weighted by Gasteiger charge is 2.07. The summed E-state index contributed by atoms with van der Waals surface area (Å²) in [5.41, 5.74) is 6.30. The van der Waals surface area contributed by atoms with Crippen LogP contribution in [0.3, 0.4) is 0 Å². The zero-order valence-corrected chi connectivity index (χ0v) is 13.3. The van der Waals surface area contributed by atoms with Crippen LogP contribution in [-0.2, 0) is 4.79 Å². The van der Waals surface area contributed by atoms with Crippen LogP contribution in [0.5, 0.6) is 0 Å². The van der Waals surface area contributed by atoms with Gasteiger partial charge >= 0.3 is 0 Å². The van der Waals surface area contributed by atoms with E-state index in [4.69, 9.17) is 5.73 Å². The second-order valence-corrected chi connectivity index (χ2v) is 6.16. The number of unbranched alkanes of at least 4 members (excludes halogenated alkanes) is 3. The summed E-state index contributed by atoms with van der Waals surface area (Å²) in [7, 11) is 0. The molecule has 0 fully saturated rings. The van der Waals surface area contributed by atoms with Crippen LogP contribution in [0, 0.1) is 0 Å². The van der Waals surface area contributed by atoms with Crippen molar-refractivity contribution < 1.29 is 4.79 Å². The summed E-state index contributed by atoms with van der Waals surface area (Å²) in [5.74, 6) is 0.0428. The summed E-state index contributed by atoms with van der Waals surface area (Å²) in [5, 5.41) is 3.54. The van der Waals surface area contributed by atoms with Gasteiger partial charge in [0.25, 0.3) is 0 Å². The van der Waals surface area contributed by atoms with Gasteiger partial charge in [-0.05, 0) is 25.5 Å². The molecule has 0 bridgehead atoms. The van der Waals surface area contributed by atoms with Gasteiger partial charge in [0, 0.05) is 16.6 Å². The monoisotopic (exact) mass is 294 g/mol. The van der Waals surface area contributed by atoms with Crippen LogP contribution in [0.25, 0.3) is 0 Å². The van der Waals surface area contributed by atoms with Crippen molar-refractivity contribution in [3.8, 4) is 0 Å². The number of primary amides is 1. The number of rotatable bonds is 10. The van der Waals surface area contributed by atoms with Gasteiger partial charge in [-0.1, -0.05) is 44.7 Å². The van der Waals surface area contributed by atoms with Gasteiger partial charge in [0.1, 0.15) is 0 Å². The largest absolute Gasteiger partial charge is 0.382 e. The molecule has 1 rings (SSSR count). The third kappa shape index (κ3) is 6.85. The first-order chi connectivity index (χ1) is 9.63. The van der Waals surface area contributed by atoms with E-state index in [9.17, 15) is 4.79 Å². The third-order valence-corrected chi connectivity index (χ3v) is 4.25. The Balaban J connectivity index is 2.47. The normalized spacial score (nSPS) is 12.1. The van der Waals surface area contributed by atoms with Gasteiger partial charge in [-0.3, -0.25) is 4.79 Å². The maximum absolute atomic E-state index is 10.9. The van der Waals surface area contributed by atoms with Gasteiger partial charge in [0.05, 0.1) is 5.75 Å². The van der Waals surface area contributed by atoms with Crippen molar-refractivity contribution in [1.29, 1.82) is 0 Å². The topological polar surface area (TPSA) is 55.1 Å². The van der Waals surface area contributed by atoms with Gasteiger partial charge in [0.2, 0.25) is 5.91 Å². The number of nitrogens with two attached hydrogens (primary N) is 1. The Morgan fingerprint density at radius 1 is 1.30 bits per heavy atom. The smallest absolute Gasteiger partial charge is 0.227 e. The quantitative estimate of drug-likeness (QED) is 0.506. The molecule has 0 aliphatic carbocycles. The van der Waals surface area contributed by atoms with E-state index < -0.39 is 0 Å². The number of amides is 1. The Hall–Kier alpha value is -1.16. The molecule has 0 heterocycles. The lowest BCUT2D eigenvalue weighted by molar-refractivity contribution is -0.115. The summed E-state index contributed by atoms with van der Waals surface area (Å²) in [6.07, 6.45) is 6.33. The first-order valence-corrected chi connectivity index (χ1v) is 8.38. The maximum Gasteiger partial charge on any atom is 0.227 e. The summed E-state index contributed by atoms with van der Waals surface area (Å²) >= 11 is 1.49. The summed E-state index contributed by atoms with van der Waals surface area (Å²) in [6, 6.07) is 8.54. The number of hydrogen-bond donors (Lipinski definition) is 2. The number of nitrogens with one attached hydrogen (secondary N) is 1. The number of para-hydroxylation sites is 1. The molecular formula is C16H26N2OS. The fourth-order valence-electron chi connectivity index (χ4n) is 2.08. The van der Waals surface area contributed by atoms with Crippen LogP contribution in [0.2, 0.25) is 0 Å². The first-order valence-electron chi connectivity index (χ1n) is 7.40. The van der Waals surface area contributed by atoms with Gasteiger partial charge in [-0.25, -0.2) is 0 Å². The number of benzene rings is 1. The minimum absolute atomic E-state index is 0.280. The lowest BCUT2D eigenvalue weighted by atomic mass is 10.1. The fraction of sp³-hybridized carbons (Fsp3) is 0.562. The maximum atomic E-state index is 10.9. The van der Waals surface area contributed by atoms with Crippen molar-refractivity contribution in [2.45, 2.75) is 56.9 Å². The Morgan fingerprint density at radius 2 is 2.05 bits per heavy atom. The molecule has 20 heavy (non-hydrogen) atoms. The van der Waals surface area contributed by atoms with Gasteiger partial charge < -0.3 is 11.1 Å². The van der Waals surface area contributed by atoms with Crippen LogP contribution in [0.15, 0.2) is 29.2 Å². The molecule has 1 aromatic rings. The molecule has 0 aromatic heterocycles. The van der Waals surface area contributed by atoms with E-state index in [2.05, 4.69) is 25.2 Å². The number of hydrogen-bond acceptors (Lipinski definition) is 3. The number of carbonyl (C=O) groups excluding carboxylic acids is 1. The molecule has 1 aromatic carbocycles. The van der Waals surface area contributed by atoms with E-state index in [-0.39, 0.29) is 5.91 Å². The molecule has 0 aliphatic heterocycles. The zero-order valence-electron chi connectivity index (χ0n) is 12.5. The molecule has 0 saturated heterocycles. The lowest BCUT2D eigenvalue weighted by Gasteiger charge is -2.17. The van der Waals surface area contributed by atoms with Crippen LogP contribution in [0.1, 0.15) is 46.0 Å². The number of anilines is 1. The molecule has 0 spiro atoms. The molecule has 0 radical (unpaired) electrons. The van der Waals surface area contributed by atoms with Gasteiger partial charge in [-0.15, -0.1) is 11.8 Å². The van der Waals surface area contributed by atoms with Crippen molar-refractivity contribution >= 4 is 23.4 Å². The molecule has 3 N–H and O–H groups in total. The Morgan fingerprint density at radius 3 is 2.75 bits per heavy atom. The fourth-order valence-corrected chi connectivity index (χ4v) is 2.83. The highest BCUT2D eigenvalue weighted by Crippen LogP contribution is 2.27. The Labute approximate surface area is 126 Å². The SMILES string of the molecule is CCCCCCC(C)Nc1ccccc1SCC(N)=O. The van der Waals surface area contributed by atoms with Gasteiger partial charge in [0.15, 0.2) is 0 Å². The number of thioether (sulfide) groups is 1. The van der Waals surface area contributed by atoms with E-state index in [1.807, 2.05) is 18.2 Å². The minimum Gasteiger partial charge on any atom is -0.382 e. The first kappa shape index (κ1) is 16.9.